The summed E-state index contributed by atoms with van der Waals surface area (Å²) in [4.78, 5) is 10.6. The first-order chi connectivity index (χ1) is 11.3. The lowest BCUT2D eigenvalue weighted by molar-refractivity contribution is 0.509. The smallest absolute Gasteiger partial charge is 0.308 e. The van der Waals surface area contributed by atoms with E-state index in [0.717, 1.165) is 18.4 Å². The molecule has 0 atom stereocenters. The van der Waals surface area contributed by atoms with Crippen molar-refractivity contribution in [2.24, 2.45) is 0 Å². The molecule has 0 aliphatic carbocycles. The fraction of sp³-hybridized carbons (Fsp3) is 0.500. The Labute approximate surface area is 153 Å². The van der Waals surface area contributed by atoms with Crippen molar-refractivity contribution in [2.45, 2.75) is 13.8 Å². The van der Waals surface area contributed by atoms with E-state index in [4.69, 9.17) is 10.7 Å². The van der Waals surface area contributed by atoms with Crippen LogP contribution in [0.1, 0.15) is 11.6 Å². The molecule has 10 nitrogen and oxygen atoms in total. The van der Waals surface area contributed by atoms with Crippen molar-refractivity contribution < 1.29 is 16.8 Å². The minimum atomic E-state index is -3.44. The Bertz CT molecular complexity index is 829. The van der Waals surface area contributed by atoms with Crippen LogP contribution in [0.15, 0.2) is 24.8 Å². The lowest BCUT2D eigenvalue weighted by Gasteiger charge is -2.12. The zero-order chi connectivity index (χ0) is 19.8. The van der Waals surface area contributed by atoms with Crippen LogP contribution < -0.4 is 0 Å². The maximum absolute atomic E-state index is 11.5. The van der Waals surface area contributed by atoms with Gasteiger partial charge < -0.3 is 4.98 Å². The Hall–Kier alpha value is -1.47. The fourth-order valence-corrected chi connectivity index (χ4v) is 2.07. The van der Waals surface area contributed by atoms with Crippen LogP contribution in [0, 0.1) is 13.8 Å². The molecule has 0 bridgehead atoms. The van der Waals surface area contributed by atoms with E-state index in [1.54, 1.807) is 19.3 Å². The molecule has 0 amide bonds. The second-order valence-electron chi connectivity index (χ2n) is 4.96. The number of nitrogens with zero attached hydrogens (tertiary/aromatic N) is 5. The van der Waals surface area contributed by atoms with Crippen molar-refractivity contribution in [1.29, 1.82) is 0 Å². The molecule has 0 aliphatic rings. The van der Waals surface area contributed by atoms with Crippen LogP contribution in [0.25, 0.3) is 0 Å². The van der Waals surface area contributed by atoms with E-state index in [2.05, 4.69) is 15.0 Å². The number of halogens is 1. The third-order valence-corrected chi connectivity index (χ3v) is 6.07. The predicted molar refractivity (Wildman–Crippen MR) is 96.8 cm³/mol. The predicted octanol–water partition coefficient (Wildman–Crippen LogP) is 0.596. The van der Waals surface area contributed by atoms with E-state index in [1.165, 1.54) is 40.6 Å². The second kappa shape index (κ2) is 9.87. The number of imidazole rings is 2. The molecule has 13 heteroatoms. The van der Waals surface area contributed by atoms with E-state index >= 15 is 0 Å². The van der Waals surface area contributed by atoms with Crippen molar-refractivity contribution >= 4 is 30.1 Å². The van der Waals surface area contributed by atoms with Gasteiger partial charge in [0, 0.05) is 63.7 Å². The monoisotopic (exact) mass is 414 g/mol. The summed E-state index contributed by atoms with van der Waals surface area (Å²) >= 11 is 0. The van der Waals surface area contributed by atoms with Gasteiger partial charge in [-0.05, 0) is 13.8 Å². The quantitative estimate of drug-likeness (QED) is 0.734. The number of rotatable bonds is 3. The third kappa shape index (κ3) is 8.45. The number of hydrogen-bond acceptors (Lipinski definition) is 6. The zero-order valence-corrected chi connectivity index (χ0v) is 17.3. The van der Waals surface area contributed by atoms with Gasteiger partial charge in [-0.3, -0.25) is 0 Å². The van der Waals surface area contributed by atoms with Crippen LogP contribution in [-0.2, 0) is 19.4 Å². The highest BCUT2D eigenvalue weighted by Gasteiger charge is 2.17. The SMILES string of the molecule is CN(C)S(=O)(=O)Cl.Cc1ncc[nH]1.Cc1nccn1S(=O)(=O)N(C)C. The number of aryl methyl sites for hydroxylation is 2. The molecule has 25 heavy (non-hydrogen) atoms. The molecule has 144 valence electrons. The average molecular weight is 415 g/mol. The van der Waals surface area contributed by atoms with Crippen molar-refractivity contribution in [2.75, 3.05) is 28.2 Å². The summed E-state index contributed by atoms with van der Waals surface area (Å²) < 4.78 is 46.2. The maximum Gasteiger partial charge on any atom is 0.308 e. The number of hydrogen-bond donors (Lipinski definition) is 1. The molecule has 0 aromatic carbocycles. The van der Waals surface area contributed by atoms with Crippen molar-refractivity contribution in [3.63, 3.8) is 0 Å². The number of nitrogens with one attached hydrogen (secondary N) is 1. The lowest BCUT2D eigenvalue weighted by atomic mass is 10.8. The normalized spacial score (nSPS) is 11.6. The molecule has 0 saturated carbocycles. The van der Waals surface area contributed by atoms with E-state index < -0.39 is 19.4 Å². The highest BCUT2D eigenvalue weighted by Crippen LogP contribution is 2.03. The largest absolute Gasteiger partial charge is 0.349 e. The summed E-state index contributed by atoms with van der Waals surface area (Å²) in [5, 5.41) is 0. The highest BCUT2D eigenvalue weighted by atomic mass is 35.7. The molecule has 1 N–H and O–H groups in total. The molecule has 0 aliphatic heterocycles. The molecule has 0 saturated heterocycles. The zero-order valence-electron chi connectivity index (χ0n) is 14.9. The molecule has 2 rings (SSSR count). The fourth-order valence-electron chi connectivity index (χ4n) is 1.13. The first-order valence-corrected chi connectivity index (χ1v) is 10.5. The molecular weight excluding hydrogens is 392 g/mol. The minimum Gasteiger partial charge on any atom is -0.349 e. The molecule has 0 fully saturated rings. The highest BCUT2D eigenvalue weighted by molar-refractivity contribution is 8.11. The van der Waals surface area contributed by atoms with Gasteiger partial charge in [-0.15, -0.1) is 0 Å². The van der Waals surface area contributed by atoms with E-state index in [0.29, 0.717) is 5.82 Å². The van der Waals surface area contributed by atoms with Gasteiger partial charge in [0.25, 0.3) is 9.24 Å². The Balaban J connectivity index is 0.000000377. The van der Waals surface area contributed by atoms with Gasteiger partial charge in [-0.25, -0.2) is 13.9 Å². The molecule has 2 heterocycles. The van der Waals surface area contributed by atoms with Crippen LogP contribution in [0.4, 0.5) is 0 Å². The number of H-pyrrole nitrogens is 1. The van der Waals surface area contributed by atoms with Gasteiger partial charge in [-0.1, -0.05) is 0 Å². The Morgan fingerprint density at radius 2 is 1.52 bits per heavy atom. The Kier molecular flexibility index (Phi) is 9.29. The van der Waals surface area contributed by atoms with E-state index in [-0.39, 0.29) is 0 Å². The lowest BCUT2D eigenvalue weighted by Crippen LogP contribution is -2.29. The summed E-state index contributed by atoms with van der Waals surface area (Å²) in [6.07, 6.45) is 6.41. The van der Waals surface area contributed by atoms with E-state index in [9.17, 15) is 16.8 Å². The van der Waals surface area contributed by atoms with Crippen molar-refractivity contribution in [3.8, 4) is 0 Å². The van der Waals surface area contributed by atoms with Crippen molar-refractivity contribution in [3.05, 3.63) is 36.4 Å². The minimum absolute atomic E-state index is 0.462. The number of aromatic nitrogens is 4. The second-order valence-corrected chi connectivity index (χ2v) is 9.70. The molecule has 2 aromatic heterocycles. The summed E-state index contributed by atoms with van der Waals surface area (Å²) in [6, 6.07) is 0. The summed E-state index contributed by atoms with van der Waals surface area (Å²) in [7, 11) is 3.64. The van der Waals surface area contributed by atoms with Crippen molar-refractivity contribution in [1.82, 2.24) is 27.5 Å². The van der Waals surface area contributed by atoms with Crippen LogP contribution >= 0.6 is 10.7 Å². The van der Waals surface area contributed by atoms with Gasteiger partial charge in [0.15, 0.2) is 0 Å². The van der Waals surface area contributed by atoms with Gasteiger partial charge in [0.05, 0.1) is 0 Å². The first-order valence-electron chi connectivity index (χ1n) is 6.81. The Morgan fingerprint density at radius 3 is 1.72 bits per heavy atom. The number of aromatic amines is 1. The standard InChI is InChI=1S/C6H11N3O2S.C4H6N2.C2H6ClNO2S/c1-6-7-4-5-9(6)12(10,11)8(2)3;1-4-5-2-3-6-4;1-4(2)7(3,5)6/h4-5H,1-3H3;2-3H,1H3,(H,5,6);1-2H3. The molecule has 2 aromatic rings. The first kappa shape index (κ1) is 23.5. The van der Waals surface area contributed by atoms with Crippen LogP contribution in [-0.4, -0.2) is 72.6 Å². The van der Waals surface area contributed by atoms with Crippen LogP contribution in [0.2, 0.25) is 0 Å². The van der Waals surface area contributed by atoms with Gasteiger partial charge >= 0.3 is 10.2 Å². The summed E-state index contributed by atoms with van der Waals surface area (Å²) in [6.45, 7) is 3.56. The average Bonchev–Trinajstić information content (AvgIpc) is 3.10. The molecule has 0 radical (unpaired) electrons. The summed E-state index contributed by atoms with van der Waals surface area (Å²) in [5.41, 5.74) is 0. The van der Waals surface area contributed by atoms with E-state index in [1.807, 2.05) is 6.92 Å². The molecular formula is C12H23ClN6O4S2. The maximum atomic E-state index is 11.5. The van der Waals surface area contributed by atoms with Gasteiger partial charge in [-0.2, -0.15) is 25.4 Å². The van der Waals surface area contributed by atoms with Crippen LogP contribution in [0.5, 0.6) is 0 Å². The van der Waals surface area contributed by atoms with Gasteiger partial charge in [0.2, 0.25) is 0 Å². The molecule has 0 spiro atoms. The topological polar surface area (TPSA) is 121 Å². The summed E-state index contributed by atoms with van der Waals surface area (Å²) in [5.74, 6) is 1.43. The Morgan fingerprint density at radius 1 is 1.00 bits per heavy atom. The third-order valence-electron chi connectivity index (χ3n) is 2.56. The molecule has 0 unspecified atom stereocenters. The van der Waals surface area contributed by atoms with Gasteiger partial charge in [0.1, 0.15) is 11.6 Å². The van der Waals surface area contributed by atoms with Crippen LogP contribution in [0.3, 0.4) is 0 Å².